The van der Waals surface area contributed by atoms with Crippen molar-refractivity contribution in [2.75, 3.05) is 24.6 Å². The molecule has 3 nitrogen and oxygen atoms in total. The second-order valence-corrected chi connectivity index (χ2v) is 5.22. The van der Waals surface area contributed by atoms with Gasteiger partial charge in [-0.05, 0) is 31.5 Å². The molecule has 1 aromatic carbocycles. The number of aryl methyl sites for hydroxylation is 1. The second kappa shape index (κ2) is 5.25. The summed E-state index contributed by atoms with van der Waals surface area (Å²) in [4.78, 5) is 2.29. The number of rotatable bonds is 2. The summed E-state index contributed by atoms with van der Waals surface area (Å²) in [5.41, 5.74) is 2.39. The third-order valence-electron chi connectivity index (χ3n) is 3.19. The molecule has 0 radical (unpaired) electrons. The normalized spacial score (nSPS) is 25.1. The van der Waals surface area contributed by atoms with Crippen LogP contribution in [-0.2, 0) is 0 Å². The van der Waals surface area contributed by atoms with Crippen molar-refractivity contribution in [3.05, 3.63) is 28.8 Å². The number of piperazine rings is 1. The van der Waals surface area contributed by atoms with Crippen LogP contribution >= 0.6 is 11.6 Å². The minimum atomic E-state index is 0.136. The van der Waals surface area contributed by atoms with Crippen molar-refractivity contribution in [2.45, 2.75) is 25.9 Å². The molecule has 1 aliphatic heterocycles. The monoisotopic (exact) mass is 254 g/mol. The Morgan fingerprint density at radius 2 is 2.24 bits per heavy atom. The molecule has 0 bridgehead atoms. The first kappa shape index (κ1) is 12.7. The quantitative estimate of drug-likeness (QED) is 0.845. The molecule has 0 saturated carbocycles. The Balaban J connectivity index is 2.23. The van der Waals surface area contributed by atoms with Gasteiger partial charge in [-0.1, -0.05) is 17.7 Å². The molecule has 1 saturated heterocycles. The molecular formula is C13H19ClN2O. The number of nitrogens with one attached hydrogen (secondary N) is 1. The van der Waals surface area contributed by atoms with Gasteiger partial charge in [0.05, 0.1) is 6.61 Å². The van der Waals surface area contributed by atoms with E-state index >= 15 is 0 Å². The van der Waals surface area contributed by atoms with Crippen molar-refractivity contribution in [1.29, 1.82) is 0 Å². The van der Waals surface area contributed by atoms with Gasteiger partial charge in [-0.3, -0.25) is 0 Å². The van der Waals surface area contributed by atoms with Gasteiger partial charge >= 0.3 is 0 Å². The van der Waals surface area contributed by atoms with Gasteiger partial charge in [0.1, 0.15) is 0 Å². The number of halogens is 1. The average molecular weight is 255 g/mol. The molecule has 17 heavy (non-hydrogen) atoms. The van der Waals surface area contributed by atoms with Crippen molar-refractivity contribution >= 4 is 17.3 Å². The summed E-state index contributed by atoms with van der Waals surface area (Å²) in [5, 5.41) is 13.4. The van der Waals surface area contributed by atoms with Crippen LogP contribution < -0.4 is 10.2 Å². The fourth-order valence-corrected chi connectivity index (χ4v) is 2.58. The number of hydrogen-bond acceptors (Lipinski definition) is 3. The molecule has 0 amide bonds. The van der Waals surface area contributed by atoms with E-state index < -0.39 is 0 Å². The van der Waals surface area contributed by atoms with Crippen molar-refractivity contribution in [3.8, 4) is 0 Å². The number of aliphatic hydroxyl groups excluding tert-OH is 1. The molecule has 4 heteroatoms. The Morgan fingerprint density at radius 1 is 1.47 bits per heavy atom. The van der Waals surface area contributed by atoms with E-state index in [1.165, 1.54) is 11.3 Å². The highest BCUT2D eigenvalue weighted by atomic mass is 35.5. The van der Waals surface area contributed by atoms with E-state index in [-0.39, 0.29) is 12.6 Å². The van der Waals surface area contributed by atoms with Gasteiger partial charge in [-0.2, -0.15) is 0 Å². The zero-order valence-electron chi connectivity index (χ0n) is 10.3. The van der Waals surface area contributed by atoms with Gasteiger partial charge in [0.15, 0.2) is 0 Å². The zero-order chi connectivity index (χ0) is 12.4. The van der Waals surface area contributed by atoms with Crippen LogP contribution in [0.5, 0.6) is 0 Å². The number of nitrogens with zero attached hydrogens (tertiary/aromatic N) is 1. The van der Waals surface area contributed by atoms with E-state index in [4.69, 9.17) is 11.6 Å². The second-order valence-electron chi connectivity index (χ2n) is 4.78. The lowest BCUT2D eigenvalue weighted by atomic mass is 10.1. The first-order valence-corrected chi connectivity index (χ1v) is 6.36. The summed E-state index contributed by atoms with van der Waals surface area (Å²) in [7, 11) is 0. The van der Waals surface area contributed by atoms with Gasteiger partial charge in [0, 0.05) is 35.9 Å². The van der Waals surface area contributed by atoms with Crippen LogP contribution in [0.3, 0.4) is 0 Å². The van der Waals surface area contributed by atoms with Gasteiger partial charge in [-0.25, -0.2) is 0 Å². The fraction of sp³-hybridized carbons (Fsp3) is 0.538. The summed E-state index contributed by atoms with van der Waals surface area (Å²) >= 11 is 6.05. The molecule has 1 aliphatic rings. The van der Waals surface area contributed by atoms with E-state index in [2.05, 4.69) is 24.1 Å². The van der Waals surface area contributed by atoms with Crippen molar-refractivity contribution < 1.29 is 5.11 Å². The Bertz CT molecular complexity index is 397. The summed E-state index contributed by atoms with van der Waals surface area (Å²) in [6.45, 7) is 6.15. The van der Waals surface area contributed by atoms with E-state index in [0.717, 1.165) is 18.1 Å². The summed E-state index contributed by atoms with van der Waals surface area (Å²) in [5.74, 6) is 0. The van der Waals surface area contributed by atoms with Crippen LogP contribution in [0.25, 0.3) is 0 Å². The number of benzene rings is 1. The van der Waals surface area contributed by atoms with Crippen molar-refractivity contribution in [2.24, 2.45) is 0 Å². The Morgan fingerprint density at radius 3 is 2.94 bits per heavy atom. The van der Waals surface area contributed by atoms with E-state index in [1.807, 2.05) is 18.2 Å². The maximum Gasteiger partial charge on any atom is 0.0602 e. The molecule has 1 aromatic rings. The standard InChI is InChI=1S/C13H19ClN2O/c1-9-3-4-11(14)5-13(9)16-6-10(2)15-12(7-16)8-17/h3-5,10,12,15,17H,6-8H2,1-2H3. The molecule has 94 valence electrons. The topological polar surface area (TPSA) is 35.5 Å². The molecular weight excluding hydrogens is 236 g/mol. The lowest BCUT2D eigenvalue weighted by Crippen LogP contribution is -2.57. The van der Waals surface area contributed by atoms with E-state index in [9.17, 15) is 5.11 Å². The molecule has 0 spiro atoms. The van der Waals surface area contributed by atoms with Crippen molar-refractivity contribution in [1.82, 2.24) is 5.32 Å². The highest BCUT2D eigenvalue weighted by molar-refractivity contribution is 6.30. The molecule has 2 N–H and O–H groups in total. The lowest BCUT2D eigenvalue weighted by molar-refractivity contribution is 0.221. The third-order valence-corrected chi connectivity index (χ3v) is 3.42. The predicted molar refractivity (Wildman–Crippen MR) is 71.9 cm³/mol. The Labute approximate surface area is 107 Å². The van der Waals surface area contributed by atoms with Gasteiger partial charge in [0.2, 0.25) is 0 Å². The molecule has 2 unspecified atom stereocenters. The van der Waals surface area contributed by atoms with Crippen LogP contribution in [0.15, 0.2) is 18.2 Å². The third kappa shape index (κ3) is 2.92. The molecule has 2 atom stereocenters. The highest BCUT2D eigenvalue weighted by Crippen LogP contribution is 2.25. The molecule has 1 heterocycles. The lowest BCUT2D eigenvalue weighted by Gasteiger charge is -2.39. The summed E-state index contributed by atoms with van der Waals surface area (Å²) < 4.78 is 0. The molecule has 0 aromatic heterocycles. The SMILES string of the molecule is Cc1ccc(Cl)cc1N1CC(C)NC(CO)C1. The van der Waals surface area contributed by atoms with Gasteiger partial charge in [-0.15, -0.1) is 0 Å². The largest absolute Gasteiger partial charge is 0.395 e. The zero-order valence-corrected chi connectivity index (χ0v) is 11.0. The summed E-state index contributed by atoms with van der Waals surface area (Å²) in [6, 6.07) is 6.47. The smallest absolute Gasteiger partial charge is 0.0602 e. The molecule has 0 aliphatic carbocycles. The molecule has 1 fully saturated rings. The van der Waals surface area contributed by atoms with Crippen LogP contribution in [0, 0.1) is 6.92 Å². The van der Waals surface area contributed by atoms with E-state index in [1.54, 1.807) is 0 Å². The Hall–Kier alpha value is -0.770. The maximum absolute atomic E-state index is 9.28. The van der Waals surface area contributed by atoms with Crippen LogP contribution in [0.2, 0.25) is 5.02 Å². The molecule has 2 rings (SSSR count). The van der Waals surface area contributed by atoms with E-state index in [0.29, 0.717) is 6.04 Å². The minimum absolute atomic E-state index is 0.136. The number of anilines is 1. The van der Waals surface area contributed by atoms with Gasteiger partial charge in [0.25, 0.3) is 0 Å². The fourth-order valence-electron chi connectivity index (χ4n) is 2.41. The maximum atomic E-state index is 9.28. The highest BCUT2D eigenvalue weighted by Gasteiger charge is 2.24. The number of aliphatic hydroxyl groups is 1. The number of hydrogen-bond donors (Lipinski definition) is 2. The summed E-state index contributed by atoms with van der Waals surface area (Å²) in [6.07, 6.45) is 0. The first-order chi connectivity index (χ1) is 8.10. The predicted octanol–water partition coefficient (Wildman–Crippen LogP) is 1.81. The van der Waals surface area contributed by atoms with Crippen LogP contribution in [-0.4, -0.2) is 36.9 Å². The average Bonchev–Trinajstić information content (AvgIpc) is 2.31. The van der Waals surface area contributed by atoms with Gasteiger partial charge < -0.3 is 15.3 Å². The van der Waals surface area contributed by atoms with Crippen LogP contribution in [0.1, 0.15) is 12.5 Å². The van der Waals surface area contributed by atoms with Crippen LogP contribution in [0.4, 0.5) is 5.69 Å². The Kier molecular flexibility index (Phi) is 3.92. The minimum Gasteiger partial charge on any atom is -0.395 e. The first-order valence-electron chi connectivity index (χ1n) is 5.98. The van der Waals surface area contributed by atoms with Crippen molar-refractivity contribution in [3.63, 3.8) is 0 Å².